The second-order valence-electron chi connectivity index (χ2n) is 5.39. The number of aliphatic hydroxyl groups is 1. The summed E-state index contributed by atoms with van der Waals surface area (Å²) in [5.74, 6) is 0. The lowest BCUT2D eigenvalue weighted by Crippen LogP contribution is -2.07. The molecule has 0 spiro atoms. The van der Waals surface area contributed by atoms with E-state index in [1.807, 2.05) is 41.0 Å². The molecule has 1 aromatic heterocycles. The van der Waals surface area contributed by atoms with Crippen molar-refractivity contribution in [2.75, 3.05) is 0 Å². The van der Waals surface area contributed by atoms with E-state index in [-0.39, 0.29) is 0 Å². The monoisotopic (exact) mass is 280 g/mol. The molecule has 108 valence electrons. The van der Waals surface area contributed by atoms with Crippen molar-refractivity contribution in [3.05, 3.63) is 66.0 Å². The van der Waals surface area contributed by atoms with Crippen molar-refractivity contribution in [2.24, 2.45) is 0 Å². The maximum absolute atomic E-state index is 10.4. The standard InChI is InChI=1S/C18H20N2O/c1-2-5-14-8-10-15(11-9-14)18(21)12-20-13-19-16-6-3-4-7-17(16)20/h3-4,6-11,13,18,21H,2,5,12H2,1H3. The summed E-state index contributed by atoms with van der Waals surface area (Å²) in [4.78, 5) is 4.36. The predicted molar refractivity (Wildman–Crippen MR) is 85.1 cm³/mol. The van der Waals surface area contributed by atoms with Gasteiger partial charge in [0.15, 0.2) is 0 Å². The van der Waals surface area contributed by atoms with Crippen LogP contribution in [0.15, 0.2) is 54.9 Å². The van der Waals surface area contributed by atoms with E-state index in [9.17, 15) is 5.11 Å². The Bertz CT molecular complexity index is 715. The second-order valence-corrected chi connectivity index (χ2v) is 5.39. The van der Waals surface area contributed by atoms with Crippen LogP contribution < -0.4 is 0 Å². The van der Waals surface area contributed by atoms with Crippen LogP contribution in [0.3, 0.4) is 0 Å². The fourth-order valence-electron chi connectivity index (χ4n) is 2.64. The molecular weight excluding hydrogens is 260 g/mol. The Morgan fingerprint density at radius 1 is 1.10 bits per heavy atom. The van der Waals surface area contributed by atoms with Crippen LogP contribution in [0.2, 0.25) is 0 Å². The summed E-state index contributed by atoms with van der Waals surface area (Å²) in [6, 6.07) is 16.2. The number of aromatic nitrogens is 2. The van der Waals surface area contributed by atoms with Crippen LogP contribution in [0.1, 0.15) is 30.6 Å². The SMILES string of the molecule is CCCc1ccc(C(O)Cn2cnc3ccccc32)cc1. The number of aliphatic hydroxyl groups excluding tert-OH is 1. The molecule has 1 unspecified atom stereocenters. The zero-order chi connectivity index (χ0) is 14.7. The summed E-state index contributed by atoms with van der Waals surface area (Å²) in [6.07, 6.45) is 3.50. The molecule has 0 saturated heterocycles. The first-order valence-electron chi connectivity index (χ1n) is 7.44. The Kier molecular flexibility index (Phi) is 4.02. The van der Waals surface area contributed by atoms with Crippen molar-refractivity contribution in [2.45, 2.75) is 32.4 Å². The van der Waals surface area contributed by atoms with Crippen LogP contribution in [0.25, 0.3) is 11.0 Å². The maximum Gasteiger partial charge on any atom is 0.0969 e. The summed E-state index contributed by atoms with van der Waals surface area (Å²) in [6.45, 7) is 2.69. The van der Waals surface area contributed by atoms with Gasteiger partial charge < -0.3 is 9.67 Å². The summed E-state index contributed by atoms with van der Waals surface area (Å²) >= 11 is 0. The first kappa shape index (κ1) is 13.8. The van der Waals surface area contributed by atoms with Crippen molar-refractivity contribution in [1.29, 1.82) is 0 Å². The number of hydrogen-bond donors (Lipinski definition) is 1. The third-order valence-electron chi connectivity index (χ3n) is 3.80. The Morgan fingerprint density at radius 3 is 2.62 bits per heavy atom. The van der Waals surface area contributed by atoms with Gasteiger partial charge in [-0.1, -0.05) is 49.7 Å². The number of para-hydroxylation sites is 2. The molecule has 0 aliphatic carbocycles. The molecule has 3 nitrogen and oxygen atoms in total. The number of fused-ring (bicyclic) bond motifs is 1. The highest BCUT2D eigenvalue weighted by molar-refractivity contribution is 5.74. The van der Waals surface area contributed by atoms with E-state index in [1.54, 1.807) is 6.33 Å². The van der Waals surface area contributed by atoms with Gasteiger partial charge in [-0.25, -0.2) is 4.98 Å². The molecule has 3 aromatic rings. The molecule has 3 heteroatoms. The third kappa shape index (κ3) is 2.98. The van der Waals surface area contributed by atoms with Crippen LogP contribution in [-0.4, -0.2) is 14.7 Å². The molecule has 1 N–H and O–H groups in total. The van der Waals surface area contributed by atoms with Gasteiger partial charge in [0.05, 0.1) is 30.0 Å². The highest BCUT2D eigenvalue weighted by atomic mass is 16.3. The predicted octanol–water partition coefficient (Wildman–Crippen LogP) is 3.72. The Hall–Kier alpha value is -2.13. The van der Waals surface area contributed by atoms with Crippen molar-refractivity contribution >= 4 is 11.0 Å². The highest BCUT2D eigenvalue weighted by Gasteiger charge is 2.10. The van der Waals surface area contributed by atoms with E-state index in [1.165, 1.54) is 5.56 Å². The first-order chi connectivity index (χ1) is 10.3. The molecule has 0 radical (unpaired) electrons. The van der Waals surface area contributed by atoms with E-state index in [0.29, 0.717) is 6.54 Å². The zero-order valence-corrected chi connectivity index (χ0v) is 12.2. The van der Waals surface area contributed by atoms with Gasteiger partial charge in [-0.15, -0.1) is 0 Å². The van der Waals surface area contributed by atoms with Crippen LogP contribution >= 0.6 is 0 Å². The highest BCUT2D eigenvalue weighted by Crippen LogP contribution is 2.19. The molecule has 0 fully saturated rings. The fourth-order valence-corrected chi connectivity index (χ4v) is 2.64. The minimum Gasteiger partial charge on any atom is -0.387 e. The lowest BCUT2D eigenvalue weighted by Gasteiger charge is -2.13. The largest absolute Gasteiger partial charge is 0.387 e. The van der Waals surface area contributed by atoms with Crippen LogP contribution in [-0.2, 0) is 13.0 Å². The number of rotatable bonds is 5. The maximum atomic E-state index is 10.4. The number of aryl methyl sites for hydroxylation is 1. The molecule has 0 aliphatic heterocycles. The second kappa shape index (κ2) is 6.10. The Labute approximate surface area is 124 Å². The van der Waals surface area contributed by atoms with Crippen LogP contribution in [0.5, 0.6) is 0 Å². The van der Waals surface area contributed by atoms with Crippen LogP contribution in [0.4, 0.5) is 0 Å². The topological polar surface area (TPSA) is 38.0 Å². The van der Waals surface area contributed by atoms with Gasteiger partial charge in [-0.05, 0) is 29.7 Å². The minimum atomic E-state index is -0.515. The van der Waals surface area contributed by atoms with Gasteiger partial charge in [0.25, 0.3) is 0 Å². The summed E-state index contributed by atoms with van der Waals surface area (Å²) < 4.78 is 2.00. The molecular formula is C18H20N2O. The number of hydrogen-bond acceptors (Lipinski definition) is 2. The summed E-state index contributed by atoms with van der Waals surface area (Å²) in [5.41, 5.74) is 4.29. The van der Waals surface area contributed by atoms with Crippen molar-refractivity contribution in [3.8, 4) is 0 Å². The molecule has 0 amide bonds. The molecule has 0 saturated carbocycles. The van der Waals surface area contributed by atoms with Crippen molar-refractivity contribution < 1.29 is 5.11 Å². The summed E-state index contributed by atoms with van der Waals surface area (Å²) in [5, 5.41) is 10.4. The third-order valence-corrected chi connectivity index (χ3v) is 3.80. The van der Waals surface area contributed by atoms with E-state index < -0.39 is 6.10 Å². The lowest BCUT2D eigenvalue weighted by molar-refractivity contribution is 0.158. The lowest BCUT2D eigenvalue weighted by atomic mass is 10.0. The summed E-state index contributed by atoms with van der Waals surface area (Å²) in [7, 11) is 0. The molecule has 2 aromatic carbocycles. The fraction of sp³-hybridized carbons (Fsp3) is 0.278. The van der Waals surface area contributed by atoms with Crippen LogP contribution in [0, 0.1) is 0 Å². The van der Waals surface area contributed by atoms with Gasteiger partial charge >= 0.3 is 0 Å². The normalized spacial score (nSPS) is 12.7. The molecule has 1 heterocycles. The van der Waals surface area contributed by atoms with Crippen molar-refractivity contribution in [1.82, 2.24) is 9.55 Å². The van der Waals surface area contributed by atoms with Gasteiger partial charge in [-0.3, -0.25) is 0 Å². The number of nitrogens with zero attached hydrogens (tertiary/aromatic N) is 2. The molecule has 21 heavy (non-hydrogen) atoms. The number of imidazole rings is 1. The van der Waals surface area contributed by atoms with Gasteiger partial charge in [0.1, 0.15) is 0 Å². The van der Waals surface area contributed by atoms with Gasteiger partial charge in [0.2, 0.25) is 0 Å². The molecule has 0 aliphatic rings. The quantitative estimate of drug-likeness (QED) is 0.773. The Morgan fingerprint density at radius 2 is 1.86 bits per heavy atom. The zero-order valence-electron chi connectivity index (χ0n) is 12.2. The van der Waals surface area contributed by atoms with Crippen molar-refractivity contribution in [3.63, 3.8) is 0 Å². The van der Waals surface area contributed by atoms with E-state index >= 15 is 0 Å². The van der Waals surface area contributed by atoms with E-state index in [4.69, 9.17) is 0 Å². The van der Waals surface area contributed by atoms with E-state index in [0.717, 1.165) is 29.4 Å². The molecule has 1 atom stereocenters. The van der Waals surface area contributed by atoms with Gasteiger partial charge in [0, 0.05) is 0 Å². The minimum absolute atomic E-state index is 0.515. The average molecular weight is 280 g/mol. The molecule has 0 bridgehead atoms. The Balaban J connectivity index is 1.77. The van der Waals surface area contributed by atoms with Gasteiger partial charge in [-0.2, -0.15) is 0 Å². The molecule has 3 rings (SSSR count). The smallest absolute Gasteiger partial charge is 0.0969 e. The number of benzene rings is 2. The van der Waals surface area contributed by atoms with E-state index in [2.05, 4.69) is 24.0 Å². The first-order valence-corrected chi connectivity index (χ1v) is 7.44. The average Bonchev–Trinajstić information content (AvgIpc) is 2.92.